The number of fused-ring (bicyclic) bond motifs is 2. The Morgan fingerprint density at radius 3 is 2.52 bits per heavy atom. The fourth-order valence-electron chi connectivity index (χ4n) is 4.21. The Labute approximate surface area is 169 Å². The fraction of sp³-hybridized carbons (Fsp3) is 0.364. The molecule has 2 aliphatic rings. The molecule has 1 saturated heterocycles. The summed E-state index contributed by atoms with van der Waals surface area (Å²) in [6.07, 6.45) is 2.61. The minimum Gasteiger partial charge on any atom is -0.493 e. The van der Waals surface area contributed by atoms with E-state index < -0.39 is 0 Å². The lowest BCUT2D eigenvalue weighted by Gasteiger charge is -2.29. The average molecular weight is 392 g/mol. The monoisotopic (exact) mass is 392 g/mol. The van der Waals surface area contributed by atoms with Gasteiger partial charge >= 0.3 is 0 Å². The number of benzene rings is 2. The van der Waals surface area contributed by atoms with Gasteiger partial charge in [-0.15, -0.1) is 0 Å². The summed E-state index contributed by atoms with van der Waals surface area (Å²) < 4.78 is 16.4. The second-order valence-electron chi connectivity index (χ2n) is 7.24. The fourth-order valence-corrected chi connectivity index (χ4v) is 4.21. The van der Waals surface area contributed by atoms with Crippen LogP contribution in [0.5, 0.6) is 11.5 Å². The lowest BCUT2D eigenvalue weighted by atomic mass is 10.1. The largest absolute Gasteiger partial charge is 0.493 e. The van der Waals surface area contributed by atoms with Crippen LogP contribution in [0.4, 0.5) is 17.2 Å². The molecular weight excluding hydrogens is 368 g/mol. The van der Waals surface area contributed by atoms with Crippen molar-refractivity contribution in [2.75, 3.05) is 56.9 Å². The average Bonchev–Trinajstić information content (AvgIpc) is 3.21. The molecule has 0 atom stereocenters. The molecule has 2 aromatic carbocycles. The highest BCUT2D eigenvalue weighted by molar-refractivity contribution is 5.94. The number of aromatic nitrogens is 2. The molecule has 0 spiro atoms. The molecule has 5 rings (SSSR count). The first-order valence-corrected chi connectivity index (χ1v) is 9.88. The van der Waals surface area contributed by atoms with Crippen molar-refractivity contribution >= 4 is 28.1 Å². The van der Waals surface area contributed by atoms with Crippen molar-refractivity contribution in [2.45, 2.75) is 6.42 Å². The van der Waals surface area contributed by atoms with Crippen LogP contribution in [-0.2, 0) is 11.2 Å². The predicted molar refractivity (Wildman–Crippen MR) is 113 cm³/mol. The standard InChI is InChI=1S/C22H24N4O3/c1-27-20-12-17-18(13-21(20)28-2)23-14-24-22(17)26-6-5-15-11-16(3-4-19(15)26)25-7-9-29-10-8-25/h3-4,11-14H,5-10H2,1-2H3. The SMILES string of the molecule is COc1cc2ncnc(N3CCc4cc(N5CCOCC5)ccc43)c2cc1OC. The Hall–Kier alpha value is -3.06. The third kappa shape index (κ3) is 3.11. The van der Waals surface area contributed by atoms with Gasteiger partial charge in [-0.2, -0.15) is 0 Å². The molecule has 150 valence electrons. The molecule has 2 aliphatic heterocycles. The van der Waals surface area contributed by atoms with Crippen molar-refractivity contribution in [3.8, 4) is 11.5 Å². The highest BCUT2D eigenvalue weighted by Gasteiger charge is 2.25. The van der Waals surface area contributed by atoms with Gasteiger partial charge in [-0.05, 0) is 36.2 Å². The molecule has 7 heteroatoms. The third-order valence-electron chi connectivity index (χ3n) is 5.71. The molecule has 0 N–H and O–H groups in total. The summed E-state index contributed by atoms with van der Waals surface area (Å²) in [4.78, 5) is 13.7. The summed E-state index contributed by atoms with van der Waals surface area (Å²) in [6, 6.07) is 10.6. The molecular formula is C22H24N4O3. The van der Waals surface area contributed by atoms with Crippen LogP contribution in [0.3, 0.4) is 0 Å². The summed E-state index contributed by atoms with van der Waals surface area (Å²) in [6.45, 7) is 4.37. The van der Waals surface area contributed by atoms with Crippen LogP contribution in [0, 0.1) is 0 Å². The molecule has 1 aromatic heterocycles. The minimum atomic E-state index is 0.668. The summed E-state index contributed by atoms with van der Waals surface area (Å²) in [7, 11) is 3.28. The number of ether oxygens (including phenoxy) is 3. The molecule has 0 radical (unpaired) electrons. The van der Waals surface area contributed by atoms with Gasteiger partial charge in [-0.3, -0.25) is 0 Å². The van der Waals surface area contributed by atoms with Gasteiger partial charge in [0.25, 0.3) is 0 Å². The van der Waals surface area contributed by atoms with Crippen LogP contribution < -0.4 is 19.3 Å². The first kappa shape index (κ1) is 18.0. The van der Waals surface area contributed by atoms with E-state index in [4.69, 9.17) is 14.2 Å². The lowest BCUT2D eigenvalue weighted by Crippen LogP contribution is -2.36. The number of hydrogen-bond donors (Lipinski definition) is 0. The van der Waals surface area contributed by atoms with E-state index in [0.717, 1.165) is 56.0 Å². The Morgan fingerprint density at radius 1 is 0.931 bits per heavy atom. The smallest absolute Gasteiger partial charge is 0.162 e. The molecule has 0 bridgehead atoms. The molecule has 29 heavy (non-hydrogen) atoms. The maximum absolute atomic E-state index is 5.50. The Balaban J connectivity index is 1.54. The van der Waals surface area contributed by atoms with Crippen LogP contribution >= 0.6 is 0 Å². The lowest BCUT2D eigenvalue weighted by molar-refractivity contribution is 0.122. The highest BCUT2D eigenvalue weighted by Crippen LogP contribution is 2.40. The number of methoxy groups -OCH3 is 2. The van der Waals surface area contributed by atoms with Crippen LogP contribution in [0.2, 0.25) is 0 Å². The number of anilines is 3. The molecule has 0 unspecified atom stereocenters. The molecule has 3 heterocycles. The number of nitrogens with zero attached hydrogens (tertiary/aromatic N) is 4. The highest BCUT2D eigenvalue weighted by atomic mass is 16.5. The van der Waals surface area contributed by atoms with E-state index in [2.05, 4.69) is 38.0 Å². The van der Waals surface area contributed by atoms with E-state index in [1.54, 1.807) is 20.5 Å². The Bertz CT molecular complexity index is 1050. The first-order chi connectivity index (χ1) is 14.3. The third-order valence-corrected chi connectivity index (χ3v) is 5.71. The van der Waals surface area contributed by atoms with Crippen LogP contribution in [-0.4, -0.2) is 57.0 Å². The quantitative estimate of drug-likeness (QED) is 0.676. The zero-order valence-corrected chi connectivity index (χ0v) is 16.7. The van der Waals surface area contributed by atoms with Crippen molar-refractivity contribution in [1.29, 1.82) is 0 Å². The van der Waals surface area contributed by atoms with Crippen LogP contribution in [0.15, 0.2) is 36.7 Å². The topological polar surface area (TPSA) is 60.0 Å². The van der Waals surface area contributed by atoms with Gasteiger partial charge in [-0.1, -0.05) is 0 Å². The van der Waals surface area contributed by atoms with Crippen molar-refractivity contribution in [3.63, 3.8) is 0 Å². The second-order valence-corrected chi connectivity index (χ2v) is 7.24. The van der Waals surface area contributed by atoms with E-state index >= 15 is 0 Å². The van der Waals surface area contributed by atoms with Gasteiger partial charge in [0, 0.05) is 42.5 Å². The normalized spacial score (nSPS) is 16.2. The summed E-state index contributed by atoms with van der Waals surface area (Å²) in [5.41, 5.74) is 4.66. The molecule has 0 saturated carbocycles. The number of morpholine rings is 1. The van der Waals surface area contributed by atoms with E-state index in [1.165, 1.54) is 16.9 Å². The maximum atomic E-state index is 5.50. The van der Waals surface area contributed by atoms with E-state index in [1.807, 2.05) is 12.1 Å². The van der Waals surface area contributed by atoms with Crippen molar-refractivity contribution < 1.29 is 14.2 Å². The molecule has 3 aromatic rings. The van der Waals surface area contributed by atoms with Crippen molar-refractivity contribution in [3.05, 3.63) is 42.2 Å². The van der Waals surface area contributed by atoms with E-state index in [0.29, 0.717) is 11.5 Å². The van der Waals surface area contributed by atoms with Crippen LogP contribution in [0.25, 0.3) is 10.9 Å². The minimum absolute atomic E-state index is 0.668. The van der Waals surface area contributed by atoms with Crippen molar-refractivity contribution in [2.24, 2.45) is 0 Å². The van der Waals surface area contributed by atoms with Gasteiger partial charge in [0.1, 0.15) is 12.1 Å². The summed E-state index contributed by atoms with van der Waals surface area (Å²) in [5, 5.41) is 0.954. The Kier molecular flexibility index (Phi) is 4.60. The van der Waals surface area contributed by atoms with Gasteiger partial charge in [0.05, 0.1) is 33.0 Å². The van der Waals surface area contributed by atoms with E-state index in [9.17, 15) is 0 Å². The van der Waals surface area contributed by atoms with Gasteiger partial charge in [-0.25, -0.2) is 9.97 Å². The number of rotatable bonds is 4. The molecule has 7 nitrogen and oxygen atoms in total. The van der Waals surface area contributed by atoms with Crippen LogP contribution in [0.1, 0.15) is 5.56 Å². The zero-order chi connectivity index (χ0) is 19.8. The summed E-state index contributed by atoms with van der Waals surface area (Å²) in [5.74, 6) is 2.24. The number of hydrogen-bond acceptors (Lipinski definition) is 7. The Morgan fingerprint density at radius 2 is 1.72 bits per heavy atom. The maximum Gasteiger partial charge on any atom is 0.162 e. The van der Waals surface area contributed by atoms with Gasteiger partial charge < -0.3 is 24.0 Å². The summed E-state index contributed by atoms with van der Waals surface area (Å²) >= 11 is 0. The predicted octanol–water partition coefficient (Wildman–Crippen LogP) is 3.18. The molecule has 0 amide bonds. The van der Waals surface area contributed by atoms with E-state index in [-0.39, 0.29) is 0 Å². The van der Waals surface area contributed by atoms with Gasteiger partial charge in [0.2, 0.25) is 0 Å². The molecule has 1 fully saturated rings. The van der Waals surface area contributed by atoms with Gasteiger partial charge in [0.15, 0.2) is 11.5 Å². The molecule has 0 aliphatic carbocycles. The van der Waals surface area contributed by atoms with Crippen molar-refractivity contribution in [1.82, 2.24) is 9.97 Å². The second kappa shape index (κ2) is 7.40. The zero-order valence-electron chi connectivity index (χ0n) is 16.7. The first-order valence-electron chi connectivity index (χ1n) is 9.88.